The van der Waals surface area contributed by atoms with Crippen LogP contribution in [0.25, 0.3) is 6.08 Å². The Kier molecular flexibility index (Phi) is 4.88. The van der Waals surface area contributed by atoms with Crippen LogP contribution in [-0.2, 0) is 11.3 Å². The third-order valence-electron chi connectivity index (χ3n) is 3.98. The van der Waals surface area contributed by atoms with Crippen LogP contribution in [-0.4, -0.2) is 31.1 Å². The molecule has 7 heteroatoms. The molecular weight excluding hydrogens is 339 g/mol. The fourth-order valence-electron chi connectivity index (χ4n) is 2.69. The van der Waals surface area contributed by atoms with Gasteiger partial charge in [0.1, 0.15) is 11.5 Å². The maximum atomic E-state index is 13.8. The van der Waals surface area contributed by atoms with Crippen LogP contribution in [0.1, 0.15) is 11.1 Å². The third kappa shape index (κ3) is 3.23. The number of halogens is 1. The van der Waals surface area contributed by atoms with Gasteiger partial charge >= 0.3 is 6.03 Å². The molecule has 1 aliphatic heterocycles. The first-order valence-corrected chi connectivity index (χ1v) is 7.84. The summed E-state index contributed by atoms with van der Waals surface area (Å²) in [6.07, 6.45) is 1.50. The van der Waals surface area contributed by atoms with Gasteiger partial charge in [0.2, 0.25) is 0 Å². The first-order valence-electron chi connectivity index (χ1n) is 7.84. The van der Waals surface area contributed by atoms with Crippen molar-refractivity contribution in [2.24, 2.45) is 0 Å². The smallest absolute Gasteiger partial charge is 0.329 e. The molecule has 134 valence electrons. The number of benzene rings is 2. The Morgan fingerprint density at radius 3 is 2.54 bits per heavy atom. The number of hydrogen-bond donors (Lipinski definition) is 1. The number of imide groups is 1. The van der Waals surface area contributed by atoms with Crippen LogP contribution in [0.15, 0.2) is 48.2 Å². The van der Waals surface area contributed by atoms with Gasteiger partial charge < -0.3 is 14.8 Å². The monoisotopic (exact) mass is 356 g/mol. The summed E-state index contributed by atoms with van der Waals surface area (Å²) in [5.41, 5.74) is 0.914. The lowest BCUT2D eigenvalue weighted by atomic mass is 10.1. The molecule has 1 saturated heterocycles. The highest BCUT2D eigenvalue weighted by Gasteiger charge is 2.34. The number of methoxy groups -OCH3 is 2. The fourth-order valence-corrected chi connectivity index (χ4v) is 2.69. The number of nitrogens with one attached hydrogen (secondary N) is 1. The Hall–Kier alpha value is -3.35. The van der Waals surface area contributed by atoms with E-state index < -0.39 is 17.8 Å². The van der Waals surface area contributed by atoms with Gasteiger partial charge in [-0.3, -0.25) is 9.69 Å². The number of rotatable bonds is 5. The van der Waals surface area contributed by atoms with E-state index in [0.29, 0.717) is 17.1 Å². The van der Waals surface area contributed by atoms with Crippen molar-refractivity contribution in [3.05, 3.63) is 65.1 Å². The number of para-hydroxylation sites is 1. The largest absolute Gasteiger partial charge is 0.493 e. The van der Waals surface area contributed by atoms with Gasteiger partial charge in [-0.25, -0.2) is 9.18 Å². The highest BCUT2D eigenvalue weighted by atomic mass is 19.1. The summed E-state index contributed by atoms with van der Waals surface area (Å²) in [6.45, 7) is -0.149. The van der Waals surface area contributed by atoms with Crippen LogP contribution >= 0.6 is 0 Å². The number of urea groups is 1. The van der Waals surface area contributed by atoms with E-state index in [1.54, 1.807) is 30.3 Å². The molecule has 0 bridgehead atoms. The van der Waals surface area contributed by atoms with Crippen molar-refractivity contribution in [1.82, 2.24) is 10.2 Å². The van der Waals surface area contributed by atoms with E-state index in [1.807, 2.05) is 0 Å². The Bertz CT molecular complexity index is 895. The summed E-state index contributed by atoms with van der Waals surface area (Å²) < 4.78 is 24.4. The van der Waals surface area contributed by atoms with Gasteiger partial charge in [0.15, 0.2) is 11.5 Å². The van der Waals surface area contributed by atoms with Crippen molar-refractivity contribution in [2.75, 3.05) is 14.2 Å². The minimum absolute atomic E-state index is 0.0814. The van der Waals surface area contributed by atoms with Crippen molar-refractivity contribution >= 4 is 18.0 Å². The van der Waals surface area contributed by atoms with Gasteiger partial charge in [0.05, 0.1) is 20.8 Å². The van der Waals surface area contributed by atoms with Gasteiger partial charge in [-0.2, -0.15) is 0 Å². The van der Waals surface area contributed by atoms with Crippen molar-refractivity contribution in [2.45, 2.75) is 6.54 Å². The summed E-state index contributed by atoms with van der Waals surface area (Å²) in [5.74, 6) is -0.0675. The van der Waals surface area contributed by atoms with E-state index in [2.05, 4.69) is 5.32 Å². The SMILES string of the molecule is COc1cccc(/C=C2/NC(=O)N(Cc3ccccc3F)C2=O)c1OC. The van der Waals surface area contributed by atoms with Gasteiger partial charge in [-0.05, 0) is 18.2 Å². The third-order valence-corrected chi connectivity index (χ3v) is 3.98. The second kappa shape index (κ2) is 7.26. The van der Waals surface area contributed by atoms with Crippen LogP contribution < -0.4 is 14.8 Å². The fraction of sp³-hybridized carbons (Fsp3) is 0.158. The molecule has 2 aromatic carbocycles. The zero-order valence-electron chi connectivity index (χ0n) is 14.3. The van der Waals surface area contributed by atoms with Crippen molar-refractivity contribution in [3.8, 4) is 11.5 Å². The molecule has 6 nitrogen and oxygen atoms in total. The summed E-state index contributed by atoms with van der Waals surface area (Å²) in [4.78, 5) is 25.7. The number of amides is 3. The molecule has 3 amide bonds. The molecule has 0 radical (unpaired) electrons. The molecule has 3 rings (SSSR count). The molecule has 1 N–H and O–H groups in total. The quantitative estimate of drug-likeness (QED) is 0.661. The number of hydrogen-bond acceptors (Lipinski definition) is 4. The lowest BCUT2D eigenvalue weighted by molar-refractivity contribution is -0.123. The molecule has 26 heavy (non-hydrogen) atoms. The molecule has 0 aromatic heterocycles. The molecule has 1 heterocycles. The van der Waals surface area contributed by atoms with Crippen LogP contribution in [0.4, 0.5) is 9.18 Å². The molecule has 1 fully saturated rings. The van der Waals surface area contributed by atoms with Crippen molar-refractivity contribution in [1.29, 1.82) is 0 Å². The maximum Gasteiger partial charge on any atom is 0.329 e. The van der Waals surface area contributed by atoms with Crippen molar-refractivity contribution < 1.29 is 23.5 Å². The molecule has 0 atom stereocenters. The van der Waals surface area contributed by atoms with Gasteiger partial charge in [0.25, 0.3) is 5.91 Å². The van der Waals surface area contributed by atoms with E-state index in [1.165, 1.54) is 32.4 Å². The number of ether oxygens (including phenoxy) is 2. The first kappa shape index (κ1) is 17.5. The minimum atomic E-state index is -0.605. The minimum Gasteiger partial charge on any atom is -0.493 e. The highest BCUT2D eigenvalue weighted by Crippen LogP contribution is 2.32. The van der Waals surface area contributed by atoms with E-state index in [9.17, 15) is 14.0 Å². The lowest BCUT2D eigenvalue weighted by Gasteiger charge is -2.12. The topological polar surface area (TPSA) is 67.9 Å². The molecule has 2 aromatic rings. The molecular formula is C19H17FN2O4. The normalized spacial score (nSPS) is 15.3. The Labute approximate surface area is 149 Å². The summed E-state index contributed by atoms with van der Waals surface area (Å²) in [7, 11) is 2.99. The predicted octanol–water partition coefficient (Wildman–Crippen LogP) is 2.94. The molecule has 0 spiro atoms. The first-order chi connectivity index (χ1) is 12.5. The average molecular weight is 356 g/mol. The summed E-state index contributed by atoms with van der Waals surface area (Å²) in [6, 6.07) is 10.6. The highest BCUT2D eigenvalue weighted by molar-refractivity contribution is 6.14. The number of nitrogens with zero attached hydrogens (tertiary/aromatic N) is 1. The molecule has 0 aliphatic carbocycles. The van der Waals surface area contributed by atoms with Gasteiger partial charge in [-0.1, -0.05) is 30.3 Å². The number of carbonyl (C=O) groups excluding carboxylic acids is 2. The second-order valence-electron chi connectivity index (χ2n) is 5.55. The summed E-state index contributed by atoms with van der Waals surface area (Å²) in [5, 5.41) is 2.51. The Morgan fingerprint density at radius 2 is 1.85 bits per heavy atom. The Balaban J connectivity index is 1.90. The molecule has 0 unspecified atom stereocenters. The van der Waals surface area contributed by atoms with Crippen LogP contribution in [0.2, 0.25) is 0 Å². The van der Waals surface area contributed by atoms with Crippen LogP contribution in [0, 0.1) is 5.82 Å². The van der Waals surface area contributed by atoms with E-state index in [0.717, 1.165) is 4.90 Å². The van der Waals surface area contributed by atoms with E-state index in [-0.39, 0.29) is 17.8 Å². The van der Waals surface area contributed by atoms with Crippen LogP contribution in [0.3, 0.4) is 0 Å². The van der Waals surface area contributed by atoms with Gasteiger partial charge in [0, 0.05) is 11.1 Å². The maximum absolute atomic E-state index is 13.8. The van der Waals surface area contributed by atoms with Gasteiger partial charge in [-0.15, -0.1) is 0 Å². The standard InChI is InChI=1S/C19H17FN2O4/c1-25-16-9-5-7-12(17(16)26-2)10-15-18(23)22(19(24)21-15)11-13-6-3-4-8-14(13)20/h3-10H,11H2,1-2H3,(H,21,24)/b15-10+. The van der Waals surface area contributed by atoms with E-state index >= 15 is 0 Å². The predicted molar refractivity (Wildman–Crippen MR) is 93.0 cm³/mol. The summed E-state index contributed by atoms with van der Waals surface area (Å²) >= 11 is 0. The zero-order chi connectivity index (χ0) is 18.7. The average Bonchev–Trinajstić information content (AvgIpc) is 2.90. The lowest BCUT2D eigenvalue weighted by Crippen LogP contribution is -2.30. The Morgan fingerprint density at radius 1 is 1.08 bits per heavy atom. The van der Waals surface area contributed by atoms with E-state index in [4.69, 9.17) is 9.47 Å². The molecule has 0 saturated carbocycles. The van der Waals surface area contributed by atoms with Crippen molar-refractivity contribution in [3.63, 3.8) is 0 Å². The zero-order valence-corrected chi connectivity index (χ0v) is 14.3. The second-order valence-corrected chi connectivity index (χ2v) is 5.55. The van der Waals surface area contributed by atoms with Crippen LogP contribution in [0.5, 0.6) is 11.5 Å². The number of carbonyl (C=O) groups is 2. The molecule has 1 aliphatic rings.